The van der Waals surface area contributed by atoms with Crippen LogP contribution < -0.4 is 0 Å². The molecule has 2 unspecified atom stereocenters. The highest BCUT2D eigenvalue weighted by Gasteiger charge is 2.38. The maximum absolute atomic E-state index is 9.11. The largest absolute Gasteiger partial charge is 0.384 e. The van der Waals surface area contributed by atoms with Crippen LogP contribution in [0.3, 0.4) is 0 Å². The lowest BCUT2D eigenvalue weighted by atomic mass is 10.3. The molecule has 0 aliphatic heterocycles. The van der Waals surface area contributed by atoms with E-state index < -0.39 is 6.10 Å². The van der Waals surface area contributed by atoms with Crippen molar-refractivity contribution in [2.45, 2.75) is 32.3 Å². The number of nitrogens with zero attached hydrogens (tertiary/aromatic N) is 2. The van der Waals surface area contributed by atoms with Gasteiger partial charge in [-0.05, 0) is 19.3 Å². The summed E-state index contributed by atoms with van der Waals surface area (Å²) in [6.45, 7) is 3.77. The molecule has 2 rings (SSSR count). The molecule has 0 aromatic carbocycles. The van der Waals surface area contributed by atoms with Gasteiger partial charge in [0.15, 0.2) is 5.82 Å². The van der Waals surface area contributed by atoms with Crippen LogP contribution in [0.4, 0.5) is 0 Å². The Hall–Kier alpha value is -0.900. The minimum atomic E-state index is -0.652. The molecule has 0 saturated heterocycles. The van der Waals surface area contributed by atoms with Gasteiger partial charge in [-0.1, -0.05) is 12.1 Å². The topological polar surface area (TPSA) is 59.2 Å². The first-order valence-electron chi connectivity index (χ1n) is 4.20. The highest BCUT2D eigenvalue weighted by atomic mass is 16.5. The number of hydrogen-bond acceptors (Lipinski definition) is 4. The average molecular weight is 168 g/mol. The predicted octanol–water partition coefficient (Wildman–Crippen LogP) is 1.25. The molecule has 1 aromatic heterocycles. The van der Waals surface area contributed by atoms with Gasteiger partial charge in [-0.25, -0.2) is 0 Å². The van der Waals surface area contributed by atoms with Gasteiger partial charge < -0.3 is 9.63 Å². The summed E-state index contributed by atoms with van der Waals surface area (Å²) >= 11 is 0. The molecule has 1 N–H and O–H groups in total. The molecular weight excluding hydrogens is 156 g/mol. The maximum atomic E-state index is 9.11. The fraction of sp³-hybridized carbons (Fsp3) is 0.750. The van der Waals surface area contributed by atoms with Gasteiger partial charge in [0.1, 0.15) is 6.10 Å². The molecule has 0 bridgehead atoms. The average Bonchev–Trinajstić information content (AvgIpc) is 2.59. The molecule has 0 spiro atoms. The van der Waals surface area contributed by atoms with Crippen molar-refractivity contribution in [3.8, 4) is 0 Å². The lowest BCUT2D eigenvalue weighted by molar-refractivity contribution is 0.151. The Kier molecular flexibility index (Phi) is 1.65. The minimum Gasteiger partial charge on any atom is -0.384 e. The molecule has 1 fully saturated rings. The molecule has 3 atom stereocenters. The number of aromatic nitrogens is 2. The molecule has 12 heavy (non-hydrogen) atoms. The highest BCUT2D eigenvalue weighted by molar-refractivity contribution is 5.07. The molecular formula is C8H12N2O2. The van der Waals surface area contributed by atoms with Gasteiger partial charge in [0.05, 0.1) is 0 Å². The maximum Gasteiger partial charge on any atom is 0.255 e. The Bertz CT molecular complexity index is 282. The number of rotatable bonds is 2. The van der Waals surface area contributed by atoms with Crippen molar-refractivity contribution in [3.05, 3.63) is 11.7 Å². The molecule has 66 valence electrons. The molecule has 4 nitrogen and oxygen atoms in total. The van der Waals surface area contributed by atoms with Crippen LogP contribution in [0.25, 0.3) is 0 Å². The van der Waals surface area contributed by atoms with E-state index in [1.165, 1.54) is 0 Å². The summed E-state index contributed by atoms with van der Waals surface area (Å²) in [4.78, 5) is 4.09. The van der Waals surface area contributed by atoms with Gasteiger partial charge in [0.25, 0.3) is 5.89 Å². The summed E-state index contributed by atoms with van der Waals surface area (Å²) < 4.78 is 4.86. The van der Waals surface area contributed by atoms with Crippen molar-refractivity contribution in [1.82, 2.24) is 10.1 Å². The third-order valence-electron chi connectivity index (χ3n) is 2.26. The number of aliphatic hydroxyl groups is 1. The Morgan fingerprint density at radius 3 is 2.75 bits per heavy atom. The van der Waals surface area contributed by atoms with Gasteiger partial charge >= 0.3 is 0 Å². The van der Waals surface area contributed by atoms with Crippen molar-refractivity contribution in [1.29, 1.82) is 0 Å². The SMILES string of the molecule is CC1CC1c1noc([C@H](C)O)n1. The zero-order valence-electron chi connectivity index (χ0n) is 7.19. The van der Waals surface area contributed by atoms with Gasteiger partial charge in [0.2, 0.25) is 0 Å². The quantitative estimate of drug-likeness (QED) is 0.721. The molecule has 1 aromatic rings. The summed E-state index contributed by atoms with van der Waals surface area (Å²) in [7, 11) is 0. The monoisotopic (exact) mass is 168 g/mol. The van der Waals surface area contributed by atoms with Crippen molar-refractivity contribution in [3.63, 3.8) is 0 Å². The van der Waals surface area contributed by atoms with E-state index in [1.54, 1.807) is 6.92 Å². The van der Waals surface area contributed by atoms with Crippen LogP contribution in [-0.2, 0) is 0 Å². The van der Waals surface area contributed by atoms with Crippen LogP contribution in [0.1, 0.15) is 44.0 Å². The molecule has 0 radical (unpaired) electrons. The molecule has 1 saturated carbocycles. The van der Waals surface area contributed by atoms with Crippen molar-refractivity contribution in [2.24, 2.45) is 5.92 Å². The zero-order valence-corrected chi connectivity index (χ0v) is 7.19. The second-order valence-electron chi connectivity index (χ2n) is 3.49. The van der Waals surface area contributed by atoms with Crippen LogP contribution in [-0.4, -0.2) is 15.2 Å². The summed E-state index contributed by atoms with van der Waals surface area (Å²) in [5.41, 5.74) is 0. The first kappa shape index (κ1) is 7.73. The third-order valence-corrected chi connectivity index (χ3v) is 2.26. The van der Waals surface area contributed by atoms with E-state index in [4.69, 9.17) is 9.63 Å². The van der Waals surface area contributed by atoms with E-state index in [2.05, 4.69) is 17.1 Å². The zero-order chi connectivity index (χ0) is 8.72. The Morgan fingerprint density at radius 2 is 2.33 bits per heavy atom. The molecule has 1 aliphatic rings. The van der Waals surface area contributed by atoms with E-state index in [9.17, 15) is 0 Å². The normalized spacial score (nSPS) is 30.2. The van der Waals surface area contributed by atoms with Crippen LogP contribution in [0.5, 0.6) is 0 Å². The molecule has 4 heteroatoms. The van der Waals surface area contributed by atoms with Gasteiger partial charge in [0, 0.05) is 5.92 Å². The molecule has 1 aliphatic carbocycles. The van der Waals surface area contributed by atoms with Gasteiger partial charge in [-0.2, -0.15) is 4.98 Å². The van der Waals surface area contributed by atoms with Crippen LogP contribution >= 0.6 is 0 Å². The number of aliphatic hydroxyl groups excluding tert-OH is 1. The summed E-state index contributed by atoms with van der Waals surface area (Å²) in [6.07, 6.45) is 0.485. The smallest absolute Gasteiger partial charge is 0.255 e. The van der Waals surface area contributed by atoms with E-state index in [0.717, 1.165) is 12.2 Å². The first-order chi connectivity index (χ1) is 5.68. The van der Waals surface area contributed by atoms with Crippen LogP contribution in [0, 0.1) is 5.92 Å². The van der Waals surface area contributed by atoms with E-state index in [0.29, 0.717) is 17.7 Å². The Morgan fingerprint density at radius 1 is 1.67 bits per heavy atom. The fourth-order valence-electron chi connectivity index (χ4n) is 1.25. The van der Waals surface area contributed by atoms with Crippen molar-refractivity contribution >= 4 is 0 Å². The van der Waals surface area contributed by atoms with Crippen LogP contribution in [0.2, 0.25) is 0 Å². The summed E-state index contributed by atoms with van der Waals surface area (Å²) in [5.74, 6) is 2.20. The Balaban J connectivity index is 2.14. The van der Waals surface area contributed by atoms with E-state index in [1.807, 2.05) is 0 Å². The summed E-state index contributed by atoms with van der Waals surface area (Å²) in [6, 6.07) is 0. The molecule has 1 heterocycles. The first-order valence-corrected chi connectivity index (χ1v) is 4.20. The van der Waals surface area contributed by atoms with Crippen molar-refractivity contribution in [2.75, 3.05) is 0 Å². The lowest BCUT2D eigenvalue weighted by Crippen LogP contribution is -1.91. The molecule has 0 amide bonds. The fourth-order valence-corrected chi connectivity index (χ4v) is 1.25. The van der Waals surface area contributed by atoms with E-state index in [-0.39, 0.29) is 0 Å². The summed E-state index contributed by atoms with van der Waals surface area (Å²) in [5, 5.41) is 12.9. The number of hydrogen-bond donors (Lipinski definition) is 1. The van der Waals surface area contributed by atoms with Gasteiger partial charge in [-0.3, -0.25) is 0 Å². The third kappa shape index (κ3) is 1.22. The second kappa shape index (κ2) is 2.55. The Labute approximate surface area is 70.6 Å². The predicted molar refractivity (Wildman–Crippen MR) is 41.5 cm³/mol. The standard InChI is InChI=1S/C8H12N2O2/c1-4-3-6(4)7-9-8(5(2)11)12-10-7/h4-6,11H,3H2,1-2H3/t4?,5-,6?/m0/s1. The van der Waals surface area contributed by atoms with E-state index >= 15 is 0 Å². The van der Waals surface area contributed by atoms with Gasteiger partial charge in [-0.15, -0.1) is 0 Å². The second-order valence-corrected chi connectivity index (χ2v) is 3.49. The lowest BCUT2D eigenvalue weighted by Gasteiger charge is -1.91. The van der Waals surface area contributed by atoms with Crippen molar-refractivity contribution < 1.29 is 9.63 Å². The minimum absolute atomic E-state index is 0.323. The highest BCUT2D eigenvalue weighted by Crippen LogP contribution is 2.45. The van der Waals surface area contributed by atoms with Crippen LogP contribution in [0.15, 0.2) is 4.52 Å².